The van der Waals surface area contributed by atoms with Gasteiger partial charge in [0.25, 0.3) is 0 Å². The number of hydrogen-bond donors (Lipinski definition) is 3. The van der Waals surface area contributed by atoms with Gasteiger partial charge < -0.3 is 15.3 Å². The molecule has 0 saturated heterocycles. The summed E-state index contributed by atoms with van der Waals surface area (Å²) in [5, 5.41) is 30.8. The topological polar surface area (TPSA) is 60.7 Å². The molecule has 0 bridgehead atoms. The summed E-state index contributed by atoms with van der Waals surface area (Å²) in [5.41, 5.74) is 2.11. The van der Waals surface area contributed by atoms with Crippen molar-refractivity contribution in [1.29, 1.82) is 0 Å². The normalized spacial score (nSPS) is 40.4. The van der Waals surface area contributed by atoms with Crippen LogP contribution in [0.2, 0.25) is 0 Å². The van der Waals surface area contributed by atoms with Gasteiger partial charge >= 0.3 is 0 Å². The minimum Gasteiger partial charge on any atom is -0.393 e. The molecule has 3 aliphatic rings. The third-order valence-corrected chi connectivity index (χ3v) is 8.80. The van der Waals surface area contributed by atoms with Crippen LogP contribution in [0.5, 0.6) is 0 Å². The molecule has 6 atom stereocenters. The Labute approximate surface area is 190 Å². The lowest BCUT2D eigenvalue weighted by molar-refractivity contribution is 0.0204. The van der Waals surface area contributed by atoms with Crippen LogP contribution in [-0.2, 0) is 0 Å². The van der Waals surface area contributed by atoms with Crippen LogP contribution in [0.3, 0.4) is 0 Å². The summed E-state index contributed by atoms with van der Waals surface area (Å²) in [4.78, 5) is 0. The Bertz CT molecular complexity index is 723. The van der Waals surface area contributed by atoms with Gasteiger partial charge in [0.05, 0.1) is 17.3 Å². The molecule has 3 heteroatoms. The van der Waals surface area contributed by atoms with Gasteiger partial charge in [-0.25, -0.2) is 0 Å². The summed E-state index contributed by atoms with van der Waals surface area (Å²) < 4.78 is 0. The lowest BCUT2D eigenvalue weighted by atomic mass is 9.60. The number of aliphatic hydroxyl groups is 3. The molecule has 3 N–H and O–H groups in total. The first-order chi connectivity index (χ1) is 14.3. The monoisotopic (exact) mass is 430 g/mol. The molecule has 3 saturated carbocycles. The quantitative estimate of drug-likeness (QED) is 0.477. The fourth-order valence-corrected chi connectivity index (χ4v) is 7.03. The van der Waals surface area contributed by atoms with Crippen molar-refractivity contribution in [2.45, 2.75) is 116 Å². The van der Waals surface area contributed by atoms with E-state index in [1.54, 1.807) is 12.5 Å². The van der Waals surface area contributed by atoms with Gasteiger partial charge in [0.2, 0.25) is 0 Å². The third-order valence-electron chi connectivity index (χ3n) is 8.80. The highest BCUT2D eigenvalue weighted by molar-refractivity contribution is 5.41. The maximum absolute atomic E-state index is 10.6. The first-order valence-corrected chi connectivity index (χ1v) is 12.6. The molecule has 3 nitrogen and oxygen atoms in total. The SMILES string of the molecule is C=C1/C(=C\C=C2/CCC[C@@]3(C)C2CCC3[C@@H](C)CCCC(C)(C)O)C[C@H](O)C[C@@]1(C)O. The fourth-order valence-electron chi connectivity index (χ4n) is 7.03. The van der Waals surface area contributed by atoms with Crippen LogP contribution >= 0.6 is 0 Å². The molecule has 3 aliphatic carbocycles. The third kappa shape index (κ3) is 5.54. The van der Waals surface area contributed by atoms with E-state index in [1.807, 2.05) is 13.8 Å². The Hall–Kier alpha value is -0.900. The average Bonchev–Trinajstić information content (AvgIpc) is 2.99. The van der Waals surface area contributed by atoms with E-state index in [-0.39, 0.29) is 0 Å². The second-order valence-electron chi connectivity index (χ2n) is 12.0. The smallest absolute Gasteiger partial charge is 0.0890 e. The van der Waals surface area contributed by atoms with E-state index in [0.29, 0.717) is 30.1 Å². The van der Waals surface area contributed by atoms with Crippen molar-refractivity contribution in [1.82, 2.24) is 0 Å². The molecule has 0 heterocycles. The lowest BCUT2D eigenvalue weighted by Crippen LogP contribution is -2.37. The predicted octanol–water partition coefficient (Wildman–Crippen LogP) is 6.09. The number of fused-ring (bicyclic) bond motifs is 1. The van der Waals surface area contributed by atoms with E-state index in [9.17, 15) is 15.3 Å². The molecule has 3 fully saturated rings. The van der Waals surface area contributed by atoms with Crippen molar-refractivity contribution in [2.24, 2.45) is 23.2 Å². The molecule has 31 heavy (non-hydrogen) atoms. The maximum Gasteiger partial charge on any atom is 0.0890 e. The first kappa shape index (κ1) is 24.7. The number of hydrogen-bond acceptors (Lipinski definition) is 3. The van der Waals surface area contributed by atoms with Crippen molar-refractivity contribution >= 4 is 0 Å². The Morgan fingerprint density at radius 3 is 2.61 bits per heavy atom. The van der Waals surface area contributed by atoms with E-state index >= 15 is 0 Å². The van der Waals surface area contributed by atoms with Crippen molar-refractivity contribution in [3.05, 3.63) is 35.5 Å². The maximum atomic E-state index is 10.6. The number of aliphatic hydroxyl groups excluding tert-OH is 1. The van der Waals surface area contributed by atoms with Crippen molar-refractivity contribution in [2.75, 3.05) is 0 Å². The highest BCUT2D eigenvalue weighted by Gasteiger charge is 2.50. The van der Waals surface area contributed by atoms with Crippen molar-refractivity contribution in [3.8, 4) is 0 Å². The largest absolute Gasteiger partial charge is 0.393 e. The highest BCUT2D eigenvalue weighted by Crippen LogP contribution is 2.60. The average molecular weight is 431 g/mol. The summed E-state index contributed by atoms with van der Waals surface area (Å²) >= 11 is 0. The Kier molecular flexibility index (Phi) is 7.30. The number of allylic oxidation sites excluding steroid dienone is 3. The summed E-state index contributed by atoms with van der Waals surface area (Å²) in [6.07, 6.45) is 14.4. The second kappa shape index (κ2) is 9.15. The molecule has 2 unspecified atom stereocenters. The zero-order valence-corrected chi connectivity index (χ0v) is 20.6. The minimum absolute atomic E-state index is 0.366. The van der Waals surface area contributed by atoms with Gasteiger partial charge in [-0.05, 0) is 100 Å². The second-order valence-corrected chi connectivity index (χ2v) is 12.0. The van der Waals surface area contributed by atoms with Crippen LogP contribution in [0, 0.1) is 23.2 Å². The van der Waals surface area contributed by atoms with E-state index < -0.39 is 17.3 Å². The van der Waals surface area contributed by atoms with Gasteiger partial charge in [0.15, 0.2) is 0 Å². The van der Waals surface area contributed by atoms with E-state index in [0.717, 1.165) is 36.3 Å². The molecule has 0 aromatic heterocycles. The molecule has 0 amide bonds. The molecule has 0 aromatic rings. The molecular formula is C28H46O3. The molecule has 176 valence electrons. The lowest BCUT2D eigenvalue weighted by Gasteiger charge is -2.44. The highest BCUT2D eigenvalue weighted by atomic mass is 16.3. The zero-order valence-electron chi connectivity index (χ0n) is 20.6. The van der Waals surface area contributed by atoms with Gasteiger partial charge in [0, 0.05) is 6.42 Å². The molecule has 0 aromatic carbocycles. The van der Waals surface area contributed by atoms with Gasteiger partial charge in [-0.2, -0.15) is 0 Å². The predicted molar refractivity (Wildman–Crippen MR) is 129 cm³/mol. The molecular weight excluding hydrogens is 384 g/mol. The van der Waals surface area contributed by atoms with Gasteiger partial charge in [0.1, 0.15) is 0 Å². The van der Waals surface area contributed by atoms with Gasteiger partial charge in [-0.3, -0.25) is 0 Å². The van der Waals surface area contributed by atoms with Gasteiger partial charge in [-0.15, -0.1) is 0 Å². The van der Waals surface area contributed by atoms with E-state index in [1.165, 1.54) is 32.1 Å². The van der Waals surface area contributed by atoms with Crippen LogP contribution in [0.4, 0.5) is 0 Å². The van der Waals surface area contributed by atoms with Crippen LogP contribution in [0.1, 0.15) is 98.8 Å². The van der Waals surface area contributed by atoms with E-state index in [4.69, 9.17) is 0 Å². The van der Waals surface area contributed by atoms with Crippen LogP contribution in [-0.4, -0.2) is 32.6 Å². The molecule has 0 radical (unpaired) electrons. The first-order valence-electron chi connectivity index (χ1n) is 12.6. The summed E-state index contributed by atoms with van der Waals surface area (Å²) in [6, 6.07) is 0. The standard InChI is InChI=1S/C28H46O3/c1-19(9-7-15-26(3,4)30)24-13-14-25-21(10-8-16-27(24,25)5)11-12-22-17-23(29)18-28(6,31)20(22)2/h11-12,19,23-25,29-31H,2,7-10,13-18H2,1,3-6H3/b21-11+,22-12-/t19-,23-,24?,25?,27+,28+/m0/s1. The Balaban J connectivity index is 1.72. The van der Waals surface area contributed by atoms with Crippen LogP contribution in [0.25, 0.3) is 0 Å². The van der Waals surface area contributed by atoms with Crippen molar-refractivity contribution < 1.29 is 15.3 Å². The minimum atomic E-state index is -1.01. The van der Waals surface area contributed by atoms with Crippen molar-refractivity contribution in [3.63, 3.8) is 0 Å². The number of rotatable bonds is 6. The van der Waals surface area contributed by atoms with Gasteiger partial charge in [-0.1, -0.05) is 51.0 Å². The zero-order chi connectivity index (χ0) is 23.0. The van der Waals surface area contributed by atoms with Crippen LogP contribution in [0.15, 0.2) is 35.5 Å². The summed E-state index contributed by atoms with van der Waals surface area (Å²) in [7, 11) is 0. The Morgan fingerprint density at radius 1 is 1.23 bits per heavy atom. The fraction of sp³-hybridized carbons (Fsp3) is 0.786. The summed E-state index contributed by atoms with van der Waals surface area (Å²) in [5.74, 6) is 2.09. The Morgan fingerprint density at radius 2 is 1.94 bits per heavy atom. The molecule has 0 aliphatic heterocycles. The van der Waals surface area contributed by atoms with E-state index in [2.05, 4.69) is 32.6 Å². The molecule has 3 rings (SSSR count). The summed E-state index contributed by atoms with van der Waals surface area (Å²) in [6.45, 7) is 14.7. The van der Waals surface area contributed by atoms with Crippen LogP contribution < -0.4 is 0 Å². The molecule has 0 spiro atoms.